The summed E-state index contributed by atoms with van der Waals surface area (Å²) in [6.07, 6.45) is 0. The summed E-state index contributed by atoms with van der Waals surface area (Å²) in [4.78, 5) is 12.0. The molecule has 0 atom stereocenters. The van der Waals surface area contributed by atoms with Crippen LogP contribution in [0, 0.1) is 5.82 Å². The minimum atomic E-state index is -0.319. The van der Waals surface area contributed by atoms with Crippen molar-refractivity contribution in [3.63, 3.8) is 0 Å². The number of hydrazine groups is 1. The first kappa shape index (κ1) is 13.0. The lowest BCUT2D eigenvalue weighted by Crippen LogP contribution is -2.13. The van der Waals surface area contributed by atoms with E-state index in [-0.39, 0.29) is 23.7 Å². The van der Waals surface area contributed by atoms with Crippen molar-refractivity contribution in [3.05, 3.63) is 30.1 Å². The van der Waals surface area contributed by atoms with Crippen molar-refractivity contribution in [2.75, 3.05) is 17.3 Å². The summed E-state index contributed by atoms with van der Waals surface area (Å²) >= 11 is 0. The monoisotopic (exact) mass is 264 g/mol. The number of nitrogens with two attached hydrogens (primary N) is 1. The lowest BCUT2D eigenvalue weighted by Gasteiger charge is -2.08. The van der Waals surface area contributed by atoms with Gasteiger partial charge in [0.25, 0.3) is 0 Å². The molecule has 1 aromatic carbocycles. The summed E-state index contributed by atoms with van der Waals surface area (Å²) in [7, 11) is 0. The summed E-state index contributed by atoms with van der Waals surface area (Å²) in [6.45, 7) is 2.23. The number of ether oxygens (including phenoxy) is 1. The van der Waals surface area contributed by atoms with E-state index >= 15 is 0 Å². The van der Waals surface area contributed by atoms with E-state index in [0.717, 1.165) is 0 Å². The largest absolute Gasteiger partial charge is 0.464 e. The Bertz CT molecular complexity index is 547. The fourth-order valence-corrected chi connectivity index (χ4v) is 1.33. The second kappa shape index (κ2) is 5.91. The Labute approximate surface area is 109 Å². The van der Waals surface area contributed by atoms with Crippen LogP contribution in [0.25, 0.3) is 0 Å². The highest BCUT2D eigenvalue weighted by atomic mass is 19.1. The molecule has 1 heterocycles. The normalized spacial score (nSPS) is 10.1. The molecule has 0 amide bonds. The van der Waals surface area contributed by atoms with Crippen LogP contribution in [0.4, 0.5) is 22.0 Å². The molecule has 0 aliphatic heterocycles. The van der Waals surface area contributed by atoms with Gasteiger partial charge in [-0.05, 0) is 31.2 Å². The molecule has 0 aliphatic rings. The lowest BCUT2D eigenvalue weighted by molar-refractivity contribution is 0.312. The van der Waals surface area contributed by atoms with Crippen molar-refractivity contribution in [1.82, 2.24) is 15.0 Å². The SMILES string of the molecule is CCOc1nc(NN)nc(Nc2ccc(F)cc2)n1. The average molecular weight is 264 g/mol. The second-order valence-electron chi connectivity index (χ2n) is 3.47. The molecule has 2 aromatic rings. The fourth-order valence-electron chi connectivity index (χ4n) is 1.33. The quantitative estimate of drug-likeness (QED) is 0.555. The number of rotatable bonds is 5. The van der Waals surface area contributed by atoms with Crippen LogP contribution in [0.15, 0.2) is 24.3 Å². The van der Waals surface area contributed by atoms with Gasteiger partial charge in [0, 0.05) is 5.69 Å². The highest BCUT2D eigenvalue weighted by Gasteiger charge is 2.06. The van der Waals surface area contributed by atoms with Crippen molar-refractivity contribution < 1.29 is 9.13 Å². The number of nitrogen functional groups attached to an aromatic ring is 1. The van der Waals surface area contributed by atoms with Crippen molar-refractivity contribution in [1.29, 1.82) is 0 Å². The topological polar surface area (TPSA) is 98.0 Å². The smallest absolute Gasteiger partial charge is 0.323 e. The number of halogens is 1. The van der Waals surface area contributed by atoms with Crippen LogP contribution in [-0.4, -0.2) is 21.6 Å². The van der Waals surface area contributed by atoms with Gasteiger partial charge in [0.15, 0.2) is 0 Å². The zero-order chi connectivity index (χ0) is 13.7. The third kappa shape index (κ3) is 3.49. The molecular formula is C11H13FN6O. The number of nitrogens with one attached hydrogen (secondary N) is 2. The molecule has 0 aliphatic carbocycles. The Kier molecular flexibility index (Phi) is 4.04. The van der Waals surface area contributed by atoms with Crippen LogP contribution in [0.3, 0.4) is 0 Å². The molecule has 4 N–H and O–H groups in total. The minimum absolute atomic E-state index is 0.148. The molecule has 0 unspecified atom stereocenters. The molecule has 0 fully saturated rings. The first-order chi connectivity index (χ1) is 9.21. The maximum absolute atomic E-state index is 12.8. The van der Waals surface area contributed by atoms with Crippen LogP contribution < -0.4 is 21.3 Å². The number of hydrogen-bond donors (Lipinski definition) is 3. The van der Waals surface area contributed by atoms with Gasteiger partial charge in [-0.3, -0.25) is 5.43 Å². The minimum Gasteiger partial charge on any atom is -0.464 e. The van der Waals surface area contributed by atoms with Crippen LogP contribution >= 0.6 is 0 Å². The molecule has 2 rings (SSSR count). The summed E-state index contributed by atoms with van der Waals surface area (Å²) < 4.78 is 18.0. The Morgan fingerprint density at radius 3 is 2.47 bits per heavy atom. The summed E-state index contributed by atoms with van der Waals surface area (Å²) in [5.74, 6) is 5.36. The standard InChI is InChI=1S/C11H13FN6O/c1-2-19-11-16-9(15-10(17-11)18-13)14-8-5-3-7(12)4-6-8/h3-6H,2,13H2,1H3,(H2,14,15,16,17,18). The summed E-state index contributed by atoms with van der Waals surface area (Å²) in [5.41, 5.74) is 2.96. The molecular weight excluding hydrogens is 251 g/mol. The van der Waals surface area contributed by atoms with E-state index in [1.54, 1.807) is 12.1 Å². The highest BCUT2D eigenvalue weighted by molar-refractivity contribution is 5.53. The van der Waals surface area contributed by atoms with Gasteiger partial charge in [0.05, 0.1) is 6.61 Å². The fraction of sp³-hybridized carbons (Fsp3) is 0.182. The van der Waals surface area contributed by atoms with Crippen LogP contribution in [-0.2, 0) is 0 Å². The second-order valence-corrected chi connectivity index (χ2v) is 3.47. The van der Waals surface area contributed by atoms with Crippen molar-refractivity contribution in [3.8, 4) is 6.01 Å². The van der Waals surface area contributed by atoms with Gasteiger partial charge < -0.3 is 10.1 Å². The number of aromatic nitrogens is 3. The van der Waals surface area contributed by atoms with Gasteiger partial charge >= 0.3 is 6.01 Å². The van der Waals surface area contributed by atoms with E-state index in [1.165, 1.54) is 12.1 Å². The van der Waals surface area contributed by atoms with Gasteiger partial charge in [-0.1, -0.05) is 0 Å². The molecule has 7 nitrogen and oxygen atoms in total. The Balaban J connectivity index is 2.23. The van der Waals surface area contributed by atoms with Crippen molar-refractivity contribution in [2.24, 2.45) is 5.84 Å². The maximum atomic E-state index is 12.8. The molecule has 1 aromatic heterocycles. The molecule has 0 bridgehead atoms. The molecule has 19 heavy (non-hydrogen) atoms. The van der Waals surface area contributed by atoms with Crippen molar-refractivity contribution in [2.45, 2.75) is 6.92 Å². The number of anilines is 3. The highest BCUT2D eigenvalue weighted by Crippen LogP contribution is 2.16. The van der Waals surface area contributed by atoms with Gasteiger partial charge in [0.2, 0.25) is 11.9 Å². The zero-order valence-corrected chi connectivity index (χ0v) is 10.2. The van der Waals surface area contributed by atoms with E-state index in [9.17, 15) is 4.39 Å². The van der Waals surface area contributed by atoms with Gasteiger partial charge in [-0.25, -0.2) is 10.2 Å². The van der Waals surface area contributed by atoms with Gasteiger partial charge in [0.1, 0.15) is 5.82 Å². The summed E-state index contributed by atoms with van der Waals surface area (Å²) in [5, 5.41) is 2.90. The lowest BCUT2D eigenvalue weighted by atomic mass is 10.3. The molecule has 0 saturated heterocycles. The molecule has 0 spiro atoms. The van der Waals surface area contributed by atoms with Gasteiger partial charge in [-0.2, -0.15) is 15.0 Å². The Morgan fingerprint density at radius 1 is 1.16 bits per heavy atom. The number of hydrogen-bond acceptors (Lipinski definition) is 7. The molecule has 8 heteroatoms. The van der Waals surface area contributed by atoms with Crippen LogP contribution in [0.2, 0.25) is 0 Å². The van der Waals surface area contributed by atoms with Crippen LogP contribution in [0.1, 0.15) is 6.92 Å². The average Bonchev–Trinajstić information content (AvgIpc) is 2.41. The molecule has 100 valence electrons. The predicted molar refractivity (Wildman–Crippen MR) is 68.5 cm³/mol. The maximum Gasteiger partial charge on any atom is 0.323 e. The zero-order valence-electron chi connectivity index (χ0n) is 10.2. The van der Waals surface area contributed by atoms with Gasteiger partial charge in [-0.15, -0.1) is 0 Å². The first-order valence-electron chi connectivity index (χ1n) is 5.59. The van der Waals surface area contributed by atoms with E-state index in [4.69, 9.17) is 10.6 Å². The molecule has 0 saturated carbocycles. The van der Waals surface area contributed by atoms with E-state index in [1.807, 2.05) is 6.92 Å². The van der Waals surface area contributed by atoms with E-state index in [0.29, 0.717) is 12.3 Å². The summed E-state index contributed by atoms with van der Waals surface area (Å²) in [6, 6.07) is 5.93. The Hall–Kier alpha value is -2.48. The van der Waals surface area contributed by atoms with Crippen LogP contribution in [0.5, 0.6) is 6.01 Å². The van der Waals surface area contributed by atoms with E-state index in [2.05, 4.69) is 25.7 Å². The number of benzene rings is 1. The van der Waals surface area contributed by atoms with Crippen molar-refractivity contribution >= 4 is 17.6 Å². The Morgan fingerprint density at radius 2 is 1.84 bits per heavy atom. The third-order valence-electron chi connectivity index (χ3n) is 2.12. The van der Waals surface area contributed by atoms with E-state index < -0.39 is 0 Å². The third-order valence-corrected chi connectivity index (χ3v) is 2.12. The number of nitrogens with zero attached hydrogens (tertiary/aromatic N) is 3. The predicted octanol–water partition coefficient (Wildman–Crippen LogP) is 1.44. The molecule has 0 radical (unpaired) electrons. The first-order valence-corrected chi connectivity index (χ1v) is 5.59.